The number of pyridine rings is 1. The number of rotatable bonds is 6. The third-order valence-corrected chi connectivity index (χ3v) is 6.64. The fourth-order valence-corrected chi connectivity index (χ4v) is 4.94. The first-order valence-corrected chi connectivity index (χ1v) is 10.8. The number of ether oxygens (including phenoxy) is 1. The quantitative estimate of drug-likeness (QED) is 0.631. The van der Waals surface area contributed by atoms with Crippen LogP contribution in [0.15, 0.2) is 75.6 Å². The Morgan fingerprint density at radius 2 is 1.87 bits per heavy atom. The average Bonchev–Trinajstić information content (AvgIpc) is 3.03. The minimum Gasteiger partial charge on any atom is -0.481 e. The second-order valence-corrected chi connectivity index (χ2v) is 8.81. The van der Waals surface area contributed by atoms with Gasteiger partial charge >= 0.3 is 5.97 Å². The SMILES string of the molecule is CC1N=c2ccc(F)c(S(=O)(=O)c3ccc(Oc4ccccc4)nc3)c2=C1CC(=O)O. The number of nitrogens with zero attached hydrogens (tertiary/aromatic N) is 2. The van der Waals surface area contributed by atoms with E-state index in [0.29, 0.717) is 5.75 Å². The highest BCUT2D eigenvalue weighted by atomic mass is 32.2. The molecule has 0 saturated heterocycles. The number of halogens is 1. The number of para-hydroxylation sites is 1. The van der Waals surface area contributed by atoms with Crippen LogP contribution in [0.1, 0.15) is 13.3 Å². The summed E-state index contributed by atoms with van der Waals surface area (Å²) < 4.78 is 47.0. The molecule has 0 saturated carbocycles. The molecule has 0 radical (unpaired) electrons. The summed E-state index contributed by atoms with van der Waals surface area (Å²) in [5.41, 5.74) is 0.248. The smallest absolute Gasteiger partial charge is 0.307 e. The molecule has 2 aromatic carbocycles. The van der Waals surface area contributed by atoms with Crippen molar-refractivity contribution in [3.8, 4) is 11.6 Å². The van der Waals surface area contributed by atoms with Crippen LogP contribution in [0.2, 0.25) is 0 Å². The summed E-state index contributed by atoms with van der Waals surface area (Å²) in [6.45, 7) is 1.64. The van der Waals surface area contributed by atoms with E-state index in [0.717, 1.165) is 12.3 Å². The minimum atomic E-state index is -4.34. The van der Waals surface area contributed by atoms with Gasteiger partial charge in [0.2, 0.25) is 15.7 Å². The van der Waals surface area contributed by atoms with E-state index in [4.69, 9.17) is 4.74 Å². The second kappa shape index (κ2) is 7.92. The van der Waals surface area contributed by atoms with Crippen molar-refractivity contribution in [1.29, 1.82) is 0 Å². The van der Waals surface area contributed by atoms with Crippen LogP contribution >= 0.6 is 0 Å². The molecule has 2 heterocycles. The van der Waals surface area contributed by atoms with E-state index in [1.54, 1.807) is 31.2 Å². The molecule has 9 heteroatoms. The van der Waals surface area contributed by atoms with E-state index < -0.39 is 39.0 Å². The van der Waals surface area contributed by atoms with E-state index in [1.807, 2.05) is 6.07 Å². The average molecular weight is 440 g/mol. The van der Waals surface area contributed by atoms with Crippen molar-refractivity contribution < 1.29 is 27.4 Å². The molecule has 0 fully saturated rings. The molecule has 1 aliphatic rings. The summed E-state index contributed by atoms with van der Waals surface area (Å²) in [4.78, 5) is 18.8. The molecule has 1 unspecified atom stereocenters. The Kier molecular flexibility index (Phi) is 5.28. The van der Waals surface area contributed by atoms with Crippen molar-refractivity contribution in [2.24, 2.45) is 4.99 Å². The topological polar surface area (TPSA) is 106 Å². The van der Waals surface area contributed by atoms with Gasteiger partial charge in [0.1, 0.15) is 16.5 Å². The van der Waals surface area contributed by atoms with E-state index >= 15 is 0 Å². The standard InChI is InChI=1S/C22H17FN2O5S/c1-13-16(11-20(26)27)21-18(25-13)9-8-17(23)22(21)31(28,29)15-7-10-19(24-12-15)30-14-5-3-2-4-6-14/h2-10,12-13H,11H2,1H3,(H,26,27). The van der Waals surface area contributed by atoms with Crippen molar-refractivity contribution in [1.82, 2.24) is 4.98 Å². The third-order valence-electron chi connectivity index (χ3n) is 4.84. The number of carboxylic acids is 1. The molecule has 3 aromatic rings. The highest BCUT2D eigenvalue weighted by Gasteiger charge is 2.29. The number of aromatic nitrogens is 1. The Bertz CT molecular complexity index is 1390. The number of carboxylic acid groups (broad SMARTS) is 1. The number of benzene rings is 2. The molecule has 0 amide bonds. The lowest BCUT2D eigenvalue weighted by Crippen LogP contribution is -2.32. The summed E-state index contributed by atoms with van der Waals surface area (Å²) in [6.07, 6.45) is 0.643. The number of hydrogen-bond donors (Lipinski definition) is 1. The first-order chi connectivity index (χ1) is 14.8. The predicted octanol–water partition coefficient (Wildman–Crippen LogP) is 2.49. The molecule has 1 aliphatic heterocycles. The Labute approximate surface area is 177 Å². The van der Waals surface area contributed by atoms with Gasteiger partial charge in [-0.2, -0.15) is 0 Å². The predicted molar refractivity (Wildman–Crippen MR) is 109 cm³/mol. The number of hydrogen-bond acceptors (Lipinski definition) is 6. The second-order valence-electron chi connectivity index (χ2n) is 6.92. The third kappa shape index (κ3) is 3.91. The van der Waals surface area contributed by atoms with Gasteiger partial charge in [-0.1, -0.05) is 18.2 Å². The zero-order valence-corrected chi connectivity index (χ0v) is 17.1. The van der Waals surface area contributed by atoms with Crippen LogP contribution in [0.25, 0.3) is 5.57 Å². The van der Waals surface area contributed by atoms with E-state index in [9.17, 15) is 22.7 Å². The summed E-state index contributed by atoms with van der Waals surface area (Å²) >= 11 is 0. The van der Waals surface area contributed by atoms with Gasteiger partial charge in [0.15, 0.2) is 0 Å². The molecule has 31 heavy (non-hydrogen) atoms. The highest BCUT2D eigenvalue weighted by molar-refractivity contribution is 7.91. The van der Waals surface area contributed by atoms with Gasteiger partial charge in [0.05, 0.1) is 22.7 Å². The van der Waals surface area contributed by atoms with Crippen molar-refractivity contribution >= 4 is 21.4 Å². The van der Waals surface area contributed by atoms with Crippen LogP contribution in [-0.2, 0) is 14.6 Å². The van der Waals surface area contributed by atoms with Crippen molar-refractivity contribution in [3.63, 3.8) is 0 Å². The Balaban J connectivity index is 1.81. The Morgan fingerprint density at radius 3 is 2.52 bits per heavy atom. The van der Waals surface area contributed by atoms with Gasteiger partial charge in [-0.05, 0) is 42.8 Å². The maximum atomic E-state index is 14.8. The zero-order valence-electron chi connectivity index (χ0n) is 16.3. The zero-order chi connectivity index (χ0) is 22.2. The lowest BCUT2D eigenvalue weighted by atomic mass is 10.0. The molecule has 158 valence electrons. The number of aliphatic carboxylic acids is 1. The molecule has 1 N–H and O–H groups in total. The van der Waals surface area contributed by atoms with Gasteiger partial charge in [0.25, 0.3) is 0 Å². The maximum absolute atomic E-state index is 14.8. The summed E-state index contributed by atoms with van der Waals surface area (Å²) in [5.74, 6) is -1.43. The fourth-order valence-electron chi connectivity index (χ4n) is 3.44. The van der Waals surface area contributed by atoms with Gasteiger partial charge < -0.3 is 9.84 Å². The van der Waals surface area contributed by atoms with Gasteiger partial charge in [-0.15, -0.1) is 0 Å². The molecule has 0 aliphatic carbocycles. The van der Waals surface area contributed by atoms with Gasteiger partial charge in [-0.3, -0.25) is 9.79 Å². The summed E-state index contributed by atoms with van der Waals surface area (Å²) in [7, 11) is -4.34. The molecular formula is C22H17FN2O5S. The fraction of sp³-hybridized carbons (Fsp3) is 0.136. The Morgan fingerprint density at radius 1 is 1.13 bits per heavy atom. The lowest BCUT2D eigenvalue weighted by Gasteiger charge is -2.10. The molecular weight excluding hydrogens is 423 g/mol. The largest absolute Gasteiger partial charge is 0.481 e. The van der Waals surface area contributed by atoms with Gasteiger partial charge in [0, 0.05) is 17.5 Å². The van der Waals surface area contributed by atoms with Crippen LogP contribution in [0.4, 0.5) is 4.39 Å². The molecule has 0 spiro atoms. The minimum absolute atomic E-state index is 0.0134. The molecule has 7 nitrogen and oxygen atoms in total. The normalized spacial score (nSPS) is 15.3. The molecule has 4 rings (SSSR count). The monoisotopic (exact) mass is 440 g/mol. The van der Waals surface area contributed by atoms with Crippen LogP contribution in [0, 0.1) is 5.82 Å². The maximum Gasteiger partial charge on any atom is 0.307 e. The lowest BCUT2D eigenvalue weighted by molar-refractivity contribution is -0.135. The van der Waals surface area contributed by atoms with Crippen molar-refractivity contribution in [2.45, 2.75) is 29.2 Å². The number of fused-ring (bicyclic) bond motifs is 1. The van der Waals surface area contributed by atoms with Crippen molar-refractivity contribution in [3.05, 3.63) is 77.2 Å². The van der Waals surface area contributed by atoms with Crippen LogP contribution < -0.4 is 15.3 Å². The van der Waals surface area contributed by atoms with Crippen LogP contribution in [0.3, 0.4) is 0 Å². The molecule has 1 aromatic heterocycles. The molecule has 0 bridgehead atoms. The summed E-state index contributed by atoms with van der Waals surface area (Å²) in [6, 6.07) is 13.3. The van der Waals surface area contributed by atoms with E-state index in [-0.39, 0.29) is 26.9 Å². The summed E-state index contributed by atoms with van der Waals surface area (Å²) in [5, 5.41) is 9.48. The van der Waals surface area contributed by atoms with Crippen LogP contribution in [0.5, 0.6) is 11.6 Å². The highest BCUT2D eigenvalue weighted by Crippen LogP contribution is 2.25. The Hall–Kier alpha value is -3.59. The molecule has 1 atom stereocenters. The number of carbonyl (C=O) groups is 1. The van der Waals surface area contributed by atoms with Crippen molar-refractivity contribution in [2.75, 3.05) is 0 Å². The van der Waals surface area contributed by atoms with E-state index in [1.165, 1.54) is 18.2 Å². The number of sulfone groups is 1. The first-order valence-electron chi connectivity index (χ1n) is 9.32. The van der Waals surface area contributed by atoms with E-state index in [2.05, 4.69) is 9.98 Å². The van der Waals surface area contributed by atoms with Gasteiger partial charge in [-0.25, -0.2) is 17.8 Å². The van der Waals surface area contributed by atoms with Crippen LogP contribution in [-0.4, -0.2) is 30.5 Å². The first kappa shape index (κ1) is 20.7.